The summed E-state index contributed by atoms with van der Waals surface area (Å²) in [6, 6.07) is 8.60. The second-order valence-electron chi connectivity index (χ2n) is 4.22. The van der Waals surface area contributed by atoms with Crippen molar-refractivity contribution in [3.05, 3.63) is 35.4 Å². The normalized spacial score (nSPS) is 29.5. The van der Waals surface area contributed by atoms with Gasteiger partial charge in [0.05, 0.1) is 0 Å². The lowest BCUT2D eigenvalue weighted by atomic mass is 10.0. The topological polar surface area (TPSA) is 26.0 Å². The van der Waals surface area contributed by atoms with E-state index in [-0.39, 0.29) is 17.9 Å². The SMILES string of the molecule is CC[C@H]1C[C@@]1(N)c1cccc(C)c1.Cl. The Bertz CT molecular complexity index is 324. The Hall–Kier alpha value is -0.530. The second-order valence-corrected chi connectivity index (χ2v) is 4.22. The minimum absolute atomic E-state index is 0. The number of hydrogen-bond acceptors (Lipinski definition) is 1. The third-order valence-corrected chi connectivity index (χ3v) is 3.20. The number of rotatable bonds is 2. The molecule has 0 radical (unpaired) electrons. The van der Waals surface area contributed by atoms with Crippen LogP contribution in [0.15, 0.2) is 24.3 Å². The van der Waals surface area contributed by atoms with Crippen molar-refractivity contribution >= 4 is 12.4 Å². The van der Waals surface area contributed by atoms with Crippen LogP contribution in [0.25, 0.3) is 0 Å². The molecule has 1 fully saturated rings. The smallest absolute Gasteiger partial charge is 0.0442 e. The van der Waals surface area contributed by atoms with Gasteiger partial charge >= 0.3 is 0 Å². The fourth-order valence-electron chi connectivity index (χ4n) is 2.15. The van der Waals surface area contributed by atoms with Crippen LogP contribution >= 0.6 is 12.4 Å². The lowest BCUT2D eigenvalue weighted by Gasteiger charge is -2.11. The lowest BCUT2D eigenvalue weighted by Crippen LogP contribution is -2.21. The molecule has 2 heteroatoms. The fourth-order valence-corrected chi connectivity index (χ4v) is 2.15. The number of aryl methyl sites for hydroxylation is 1. The standard InChI is InChI=1S/C12H17N.ClH/c1-3-10-8-12(10,13)11-6-4-5-9(2)7-11;/h4-7,10H,3,8,13H2,1-2H3;1H/t10-,12-;/m0./s1. The Morgan fingerprint density at radius 2 is 2.21 bits per heavy atom. The minimum atomic E-state index is 0. The summed E-state index contributed by atoms with van der Waals surface area (Å²) in [5.41, 5.74) is 8.92. The second kappa shape index (κ2) is 3.92. The Morgan fingerprint density at radius 3 is 2.71 bits per heavy atom. The zero-order valence-electron chi connectivity index (χ0n) is 8.79. The molecule has 0 aliphatic heterocycles. The molecule has 2 rings (SSSR count). The van der Waals surface area contributed by atoms with Crippen molar-refractivity contribution in [1.82, 2.24) is 0 Å². The molecule has 78 valence electrons. The molecule has 0 spiro atoms. The van der Waals surface area contributed by atoms with Crippen LogP contribution in [-0.2, 0) is 5.54 Å². The first-order valence-corrected chi connectivity index (χ1v) is 5.03. The predicted octanol–water partition coefficient (Wildman–Crippen LogP) is 3.00. The van der Waals surface area contributed by atoms with Gasteiger partial charge in [0.2, 0.25) is 0 Å². The molecule has 0 bridgehead atoms. The van der Waals surface area contributed by atoms with Crippen molar-refractivity contribution in [3.63, 3.8) is 0 Å². The molecule has 1 aromatic carbocycles. The summed E-state index contributed by atoms with van der Waals surface area (Å²) < 4.78 is 0. The van der Waals surface area contributed by atoms with E-state index in [1.165, 1.54) is 17.5 Å². The predicted molar refractivity (Wildman–Crippen MR) is 62.7 cm³/mol. The highest BCUT2D eigenvalue weighted by Crippen LogP contribution is 2.51. The summed E-state index contributed by atoms with van der Waals surface area (Å²) in [4.78, 5) is 0. The van der Waals surface area contributed by atoms with Gasteiger partial charge in [-0.15, -0.1) is 12.4 Å². The van der Waals surface area contributed by atoms with Crippen molar-refractivity contribution in [2.45, 2.75) is 32.2 Å². The highest BCUT2D eigenvalue weighted by molar-refractivity contribution is 5.85. The molecule has 1 aromatic rings. The summed E-state index contributed by atoms with van der Waals surface area (Å²) in [6.45, 7) is 4.34. The largest absolute Gasteiger partial charge is 0.321 e. The Kier molecular flexibility index (Phi) is 3.23. The van der Waals surface area contributed by atoms with Crippen molar-refractivity contribution < 1.29 is 0 Å². The van der Waals surface area contributed by atoms with Crippen LogP contribution in [0.5, 0.6) is 0 Å². The monoisotopic (exact) mass is 211 g/mol. The molecule has 1 nitrogen and oxygen atoms in total. The van der Waals surface area contributed by atoms with Crippen LogP contribution in [0.1, 0.15) is 30.9 Å². The molecular formula is C12H18ClN. The summed E-state index contributed by atoms with van der Waals surface area (Å²) in [7, 11) is 0. The van der Waals surface area contributed by atoms with Crippen LogP contribution in [0.4, 0.5) is 0 Å². The Labute approximate surface area is 92.1 Å². The van der Waals surface area contributed by atoms with E-state index in [9.17, 15) is 0 Å². The van der Waals surface area contributed by atoms with Crippen molar-refractivity contribution in [1.29, 1.82) is 0 Å². The van der Waals surface area contributed by atoms with Gasteiger partial charge in [0.25, 0.3) is 0 Å². The Balaban J connectivity index is 0.000000980. The van der Waals surface area contributed by atoms with Crippen LogP contribution in [0, 0.1) is 12.8 Å². The van der Waals surface area contributed by atoms with E-state index in [0.717, 1.165) is 6.42 Å². The zero-order chi connectivity index (χ0) is 9.47. The maximum atomic E-state index is 6.29. The molecular weight excluding hydrogens is 194 g/mol. The Morgan fingerprint density at radius 1 is 1.50 bits per heavy atom. The van der Waals surface area contributed by atoms with Gasteiger partial charge in [-0.25, -0.2) is 0 Å². The highest BCUT2D eigenvalue weighted by atomic mass is 35.5. The van der Waals surface area contributed by atoms with Crippen molar-refractivity contribution in [2.24, 2.45) is 11.7 Å². The first-order valence-electron chi connectivity index (χ1n) is 5.03. The van der Waals surface area contributed by atoms with E-state index in [1.807, 2.05) is 0 Å². The van der Waals surface area contributed by atoms with Gasteiger partial charge in [0, 0.05) is 5.54 Å². The quantitative estimate of drug-likeness (QED) is 0.800. The molecule has 0 amide bonds. The first kappa shape index (κ1) is 11.5. The molecule has 0 heterocycles. The number of hydrogen-bond donors (Lipinski definition) is 1. The maximum absolute atomic E-state index is 6.29. The van der Waals surface area contributed by atoms with E-state index in [2.05, 4.69) is 38.1 Å². The molecule has 1 aliphatic carbocycles. The van der Waals surface area contributed by atoms with Crippen LogP contribution in [-0.4, -0.2) is 0 Å². The van der Waals surface area contributed by atoms with Crippen molar-refractivity contribution in [2.75, 3.05) is 0 Å². The zero-order valence-corrected chi connectivity index (χ0v) is 9.60. The van der Waals surface area contributed by atoms with Gasteiger partial charge in [-0.3, -0.25) is 0 Å². The van der Waals surface area contributed by atoms with Crippen LogP contribution < -0.4 is 5.73 Å². The fraction of sp³-hybridized carbons (Fsp3) is 0.500. The molecule has 0 aromatic heterocycles. The van der Waals surface area contributed by atoms with E-state index in [1.54, 1.807) is 0 Å². The average molecular weight is 212 g/mol. The van der Waals surface area contributed by atoms with E-state index in [4.69, 9.17) is 5.73 Å². The number of benzene rings is 1. The summed E-state index contributed by atoms with van der Waals surface area (Å²) in [5, 5.41) is 0. The maximum Gasteiger partial charge on any atom is 0.0442 e. The molecule has 0 unspecified atom stereocenters. The van der Waals surface area contributed by atoms with Gasteiger partial charge < -0.3 is 5.73 Å². The van der Waals surface area contributed by atoms with Crippen LogP contribution in [0.3, 0.4) is 0 Å². The van der Waals surface area contributed by atoms with Crippen LogP contribution in [0.2, 0.25) is 0 Å². The molecule has 2 atom stereocenters. The van der Waals surface area contributed by atoms with E-state index >= 15 is 0 Å². The molecule has 0 saturated heterocycles. The molecule has 2 N–H and O–H groups in total. The highest BCUT2D eigenvalue weighted by Gasteiger charge is 2.50. The third kappa shape index (κ3) is 1.79. The number of nitrogens with two attached hydrogens (primary N) is 1. The average Bonchev–Trinajstić information content (AvgIpc) is 2.79. The first-order chi connectivity index (χ1) is 6.16. The third-order valence-electron chi connectivity index (χ3n) is 3.20. The van der Waals surface area contributed by atoms with Gasteiger partial charge in [-0.05, 0) is 24.8 Å². The summed E-state index contributed by atoms with van der Waals surface area (Å²) >= 11 is 0. The van der Waals surface area contributed by atoms with Crippen molar-refractivity contribution in [3.8, 4) is 0 Å². The van der Waals surface area contributed by atoms with E-state index < -0.39 is 0 Å². The lowest BCUT2D eigenvalue weighted by molar-refractivity contribution is 0.615. The number of halogens is 1. The van der Waals surface area contributed by atoms with Gasteiger partial charge in [0.1, 0.15) is 0 Å². The minimum Gasteiger partial charge on any atom is -0.321 e. The summed E-state index contributed by atoms with van der Waals surface area (Å²) in [6.07, 6.45) is 2.36. The summed E-state index contributed by atoms with van der Waals surface area (Å²) in [5.74, 6) is 0.703. The van der Waals surface area contributed by atoms with Gasteiger partial charge in [-0.2, -0.15) is 0 Å². The van der Waals surface area contributed by atoms with E-state index in [0.29, 0.717) is 5.92 Å². The molecule has 1 saturated carbocycles. The van der Waals surface area contributed by atoms with Gasteiger partial charge in [0.15, 0.2) is 0 Å². The molecule has 1 aliphatic rings. The van der Waals surface area contributed by atoms with Gasteiger partial charge in [-0.1, -0.05) is 43.2 Å². The molecule has 14 heavy (non-hydrogen) atoms.